The fourth-order valence-corrected chi connectivity index (χ4v) is 4.38. The summed E-state index contributed by atoms with van der Waals surface area (Å²) in [6.45, 7) is 4.09. The molecular weight excluding hydrogens is 400 g/mol. The molecule has 9 nitrogen and oxygen atoms in total. The van der Waals surface area contributed by atoms with Gasteiger partial charge in [-0.3, -0.25) is 15.0 Å². The van der Waals surface area contributed by atoms with Gasteiger partial charge in [0.15, 0.2) is 0 Å². The number of ether oxygens (including phenoxy) is 2. The van der Waals surface area contributed by atoms with Crippen molar-refractivity contribution in [2.45, 2.75) is 57.8 Å². The molecule has 1 aromatic carbocycles. The molecule has 0 bridgehead atoms. The molecule has 2 heterocycles. The van der Waals surface area contributed by atoms with Crippen molar-refractivity contribution in [2.75, 3.05) is 7.11 Å². The third kappa shape index (κ3) is 4.57. The monoisotopic (exact) mass is 428 g/mol. The molecule has 4 rings (SSSR count). The first-order chi connectivity index (χ1) is 15.0. The van der Waals surface area contributed by atoms with Crippen LogP contribution >= 0.6 is 0 Å². The molecule has 31 heavy (non-hydrogen) atoms. The molecule has 2 fully saturated rings. The van der Waals surface area contributed by atoms with Gasteiger partial charge in [-0.15, -0.1) is 0 Å². The number of benzene rings is 1. The number of esters is 1. The minimum atomic E-state index is -0.385. The molecule has 2 aromatic rings. The number of hydrogen-bond acceptors (Lipinski definition) is 8. The second-order valence-corrected chi connectivity index (χ2v) is 8.16. The van der Waals surface area contributed by atoms with E-state index in [9.17, 15) is 9.59 Å². The Morgan fingerprint density at radius 1 is 1.19 bits per heavy atom. The first-order valence-corrected chi connectivity index (χ1v) is 10.5. The van der Waals surface area contributed by atoms with E-state index in [4.69, 9.17) is 14.0 Å². The Morgan fingerprint density at radius 3 is 2.65 bits per heavy atom. The smallest absolute Gasteiger partial charge is 0.324 e. The molecule has 4 atom stereocenters. The van der Waals surface area contributed by atoms with Gasteiger partial charge in [0, 0.05) is 23.6 Å². The number of nitrogens with one attached hydrogen (secondary N) is 3. The van der Waals surface area contributed by atoms with Gasteiger partial charge in [-0.25, -0.2) is 5.43 Å². The summed E-state index contributed by atoms with van der Waals surface area (Å²) in [5.41, 5.74) is 8.51. The Morgan fingerprint density at radius 2 is 1.97 bits per heavy atom. The van der Waals surface area contributed by atoms with Gasteiger partial charge in [0.25, 0.3) is 5.91 Å². The second-order valence-electron chi connectivity index (χ2n) is 8.16. The number of aromatic nitrogens is 1. The van der Waals surface area contributed by atoms with E-state index in [1.165, 1.54) is 7.11 Å². The van der Waals surface area contributed by atoms with Crippen LogP contribution < -0.4 is 20.9 Å². The number of fused-ring (bicyclic) bond motifs is 1. The molecular formula is C22H28N4O5. The van der Waals surface area contributed by atoms with E-state index in [-0.39, 0.29) is 35.9 Å². The molecule has 0 spiro atoms. The van der Waals surface area contributed by atoms with Crippen LogP contribution in [0.2, 0.25) is 0 Å². The van der Waals surface area contributed by atoms with E-state index < -0.39 is 0 Å². The Labute approximate surface area is 180 Å². The highest BCUT2D eigenvalue weighted by Crippen LogP contribution is 2.31. The fraction of sp³-hybridized carbons (Fsp3) is 0.500. The van der Waals surface area contributed by atoms with Crippen LogP contribution in [-0.2, 0) is 16.1 Å². The van der Waals surface area contributed by atoms with E-state index in [2.05, 4.69) is 21.3 Å². The van der Waals surface area contributed by atoms with Crippen molar-refractivity contribution in [3.63, 3.8) is 0 Å². The van der Waals surface area contributed by atoms with Crippen LogP contribution in [0, 0.1) is 19.8 Å². The third-order valence-corrected chi connectivity index (χ3v) is 6.22. The number of aryl methyl sites for hydroxylation is 2. The molecule has 2 aliphatic rings. The first kappa shape index (κ1) is 21.3. The average molecular weight is 428 g/mol. The van der Waals surface area contributed by atoms with Gasteiger partial charge in [-0.05, 0) is 57.4 Å². The molecule has 166 valence electrons. The largest absolute Gasteiger partial charge is 0.489 e. The van der Waals surface area contributed by atoms with Crippen molar-refractivity contribution in [1.82, 2.24) is 21.3 Å². The molecule has 1 saturated carbocycles. The Kier molecular flexibility index (Phi) is 6.24. The summed E-state index contributed by atoms with van der Waals surface area (Å²) in [6, 6.07) is 6.90. The lowest BCUT2D eigenvalue weighted by atomic mass is 9.79. The van der Waals surface area contributed by atoms with Crippen molar-refractivity contribution in [1.29, 1.82) is 0 Å². The molecule has 1 saturated heterocycles. The number of hydrazine groups is 1. The lowest BCUT2D eigenvalue weighted by molar-refractivity contribution is -0.144. The Balaban J connectivity index is 1.32. The lowest BCUT2D eigenvalue weighted by Gasteiger charge is -2.32. The number of amides is 1. The molecule has 1 amide bonds. The number of rotatable bonds is 6. The number of methoxy groups -OCH3 is 1. The number of nitrogens with zero attached hydrogens (tertiary/aromatic N) is 1. The fourth-order valence-electron chi connectivity index (χ4n) is 4.38. The zero-order valence-electron chi connectivity index (χ0n) is 17.9. The second kappa shape index (κ2) is 9.07. The number of carbonyl (C=O) groups is 2. The predicted molar refractivity (Wildman–Crippen MR) is 111 cm³/mol. The maximum absolute atomic E-state index is 12.7. The van der Waals surface area contributed by atoms with Crippen LogP contribution in [0.25, 0.3) is 0 Å². The van der Waals surface area contributed by atoms with E-state index in [0.717, 1.165) is 36.3 Å². The van der Waals surface area contributed by atoms with Crippen LogP contribution in [0.3, 0.4) is 0 Å². The zero-order valence-corrected chi connectivity index (χ0v) is 17.9. The van der Waals surface area contributed by atoms with Gasteiger partial charge in [0.1, 0.15) is 24.2 Å². The van der Waals surface area contributed by atoms with Crippen molar-refractivity contribution < 1.29 is 23.6 Å². The average Bonchev–Trinajstić information content (AvgIpc) is 3.34. The van der Waals surface area contributed by atoms with E-state index in [1.807, 2.05) is 13.8 Å². The van der Waals surface area contributed by atoms with Gasteiger partial charge < -0.3 is 19.3 Å². The van der Waals surface area contributed by atoms with E-state index in [0.29, 0.717) is 17.9 Å². The van der Waals surface area contributed by atoms with E-state index in [1.54, 1.807) is 24.3 Å². The molecule has 1 aliphatic carbocycles. The molecule has 0 radical (unpaired) electrons. The SMILES string of the molecule is COC(=O)C1NNC2CCC(NC(=O)c3ccc(OCc4c(C)noc4C)cc3)CC21. The first-order valence-electron chi connectivity index (χ1n) is 10.5. The number of hydrogen-bond donors (Lipinski definition) is 3. The van der Waals surface area contributed by atoms with Gasteiger partial charge >= 0.3 is 5.97 Å². The lowest BCUT2D eigenvalue weighted by Crippen LogP contribution is -2.46. The molecule has 1 aromatic heterocycles. The van der Waals surface area contributed by atoms with Crippen LogP contribution in [0.5, 0.6) is 5.75 Å². The quantitative estimate of drug-likeness (QED) is 0.597. The highest BCUT2D eigenvalue weighted by Gasteiger charge is 2.44. The van der Waals surface area contributed by atoms with Crippen molar-refractivity contribution in [3.8, 4) is 5.75 Å². The Bertz CT molecular complexity index is 922. The summed E-state index contributed by atoms with van der Waals surface area (Å²) >= 11 is 0. The van der Waals surface area contributed by atoms with Gasteiger partial charge in [0.2, 0.25) is 0 Å². The number of carbonyl (C=O) groups excluding carboxylic acids is 2. The van der Waals surface area contributed by atoms with Gasteiger partial charge in [-0.2, -0.15) is 0 Å². The van der Waals surface area contributed by atoms with E-state index >= 15 is 0 Å². The predicted octanol–water partition coefficient (Wildman–Crippen LogP) is 1.79. The van der Waals surface area contributed by atoms with Crippen LogP contribution in [0.1, 0.15) is 46.6 Å². The topological polar surface area (TPSA) is 115 Å². The highest BCUT2D eigenvalue weighted by atomic mass is 16.5. The van der Waals surface area contributed by atoms with Crippen LogP contribution in [-0.4, -0.2) is 42.3 Å². The van der Waals surface area contributed by atoms with Crippen LogP contribution in [0.15, 0.2) is 28.8 Å². The summed E-state index contributed by atoms with van der Waals surface area (Å²) in [6.07, 6.45) is 2.45. The van der Waals surface area contributed by atoms with Crippen molar-refractivity contribution in [2.24, 2.45) is 5.92 Å². The zero-order chi connectivity index (χ0) is 22.0. The van der Waals surface area contributed by atoms with Gasteiger partial charge in [-0.1, -0.05) is 5.16 Å². The Hall–Kier alpha value is -2.91. The molecule has 3 N–H and O–H groups in total. The maximum Gasteiger partial charge on any atom is 0.324 e. The summed E-state index contributed by atoms with van der Waals surface area (Å²) in [4.78, 5) is 24.7. The third-order valence-electron chi connectivity index (χ3n) is 6.22. The molecule has 4 unspecified atom stereocenters. The molecule has 9 heteroatoms. The summed E-state index contributed by atoms with van der Waals surface area (Å²) < 4.78 is 15.8. The standard InChI is InChI=1S/C22H28N4O5/c1-12-18(13(2)31-26-12)11-30-16-7-4-14(5-8-16)21(27)23-15-6-9-19-17(10-15)20(25-24-19)22(28)29-3/h4-5,7-8,15,17,19-20,24-25H,6,9-11H2,1-3H3,(H,23,27). The summed E-state index contributed by atoms with van der Waals surface area (Å²) in [5, 5.41) is 7.02. The van der Waals surface area contributed by atoms with Gasteiger partial charge in [0.05, 0.1) is 18.4 Å². The summed E-state index contributed by atoms with van der Waals surface area (Å²) in [5.74, 6) is 1.09. The molecule has 1 aliphatic heterocycles. The van der Waals surface area contributed by atoms with Crippen LogP contribution in [0.4, 0.5) is 0 Å². The summed E-state index contributed by atoms with van der Waals surface area (Å²) in [7, 11) is 1.39. The minimum absolute atomic E-state index is 0.0121. The minimum Gasteiger partial charge on any atom is -0.489 e. The van der Waals surface area contributed by atoms with Crippen molar-refractivity contribution in [3.05, 3.63) is 46.8 Å². The normalized spacial score (nSPS) is 25.0. The highest BCUT2D eigenvalue weighted by molar-refractivity contribution is 5.94. The van der Waals surface area contributed by atoms with Crippen molar-refractivity contribution >= 4 is 11.9 Å². The maximum atomic E-state index is 12.7.